The van der Waals surface area contributed by atoms with Gasteiger partial charge in [-0.3, -0.25) is 9.59 Å². The van der Waals surface area contributed by atoms with Gasteiger partial charge in [0.1, 0.15) is 105 Å². The highest BCUT2D eigenvalue weighted by Gasteiger charge is 2.58. The van der Waals surface area contributed by atoms with Gasteiger partial charge < -0.3 is 119 Å². The number of hydrogen-bond donors (Lipinski definition) is 15. The molecule has 7 aliphatic rings. The van der Waals surface area contributed by atoms with Crippen LogP contribution in [0.5, 0.6) is 0 Å². The number of aliphatic carboxylic acids is 1. The smallest absolute Gasteiger partial charge is 0.330 e. The molecule has 72 heavy (non-hydrogen) atoms. The van der Waals surface area contributed by atoms with Gasteiger partial charge in [0.05, 0.1) is 43.0 Å². The summed E-state index contributed by atoms with van der Waals surface area (Å²) < 4.78 is 51.2. The van der Waals surface area contributed by atoms with E-state index in [4.69, 9.17) is 47.7 Å². The second-order valence-corrected chi connectivity index (χ2v) is 20.1. The van der Waals surface area contributed by atoms with Gasteiger partial charge in [0, 0.05) is 24.8 Å². The van der Waals surface area contributed by atoms with Crippen LogP contribution < -0.4 is 0 Å². The maximum absolute atomic E-state index is 12.7. The van der Waals surface area contributed by atoms with Crippen molar-refractivity contribution in [1.29, 1.82) is 0 Å². The predicted molar refractivity (Wildman–Crippen MR) is 231 cm³/mol. The van der Waals surface area contributed by atoms with E-state index in [1.165, 1.54) is 6.08 Å². The van der Waals surface area contributed by atoms with E-state index in [0.717, 1.165) is 0 Å². The van der Waals surface area contributed by atoms with Gasteiger partial charge >= 0.3 is 17.9 Å². The molecule has 27 heteroatoms. The summed E-state index contributed by atoms with van der Waals surface area (Å²) in [4.78, 5) is 35.8. The van der Waals surface area contributed by atoms with E-state index in [9.17, 15) is 85.9 Å². The van der Waals surface area contributed by atoms with Crippen molar-refractivity contribution in [1.82, 2.24) is 0 Å². The van der Waals surface area contributed by atoms with E-state index in [2.05, 4.69) is 0 Å². The van der Waals surface area contributed by atoms with Gasteiger partial charge in [-0.2, -0.15) is 0 Å². The van der Waals surface area contributed by atoms with Crippen molar-refractivity contribution in [2.75, 3.05) is 19.8 Å². The molecular formula is C45H71O27+. The summed E-state index contributed by atoms with van der Waals surface area (Å²) in [6.07, 6.45) is -33.7. The van der Waals surface area contributed by atoms with Crippen LogP contribution in [-0.2, 0) is 52.3 Å². The molecule has 7 fully saturated rings. The number of carboxylic acid groups (broad SMARTS) is 1. The lowest BCUT2D eigenvalue weighted by molar-refractivity contribution is -0.365. The summed E-state index contributed by atoms with van der Waals surface area (Å²) in [6.45, 7) is -2.24. The summed E-state index contributed by atoms with van der Waals surface area (Å²) in [5.74, 6) is -5.07. The number of ether oxygens (including phenoxy) is 9. The van der Waals surface area contributed by atoms with Crippen molar-refractivity contribution in [2.45, 2.75) is 211 Å². The molecule has 0 aromatic carbocycles. The summed E-state index contributed by atoms with van der Waals surface area (Å²) in [5, 5.41) is 160. The number of allylic oxidation sites excluding steroid dienone is 1. The lowest BCUT2D eigenvalue weighted by Gasteiger charge is -2.50. The fourth-order valence-corrected chi connectivity index (χ4v) is 10.9. The van der Waals surface area contributed by atoms with Crippen molar-refractivity contribution in [3.63, 3.8) is 0 Å². The maximum Gasteiger partial charge on any atom is 0.330 e. The fourth-order valence-electron chi connectivity index (χ4n) is 10.9. The van der Waals surface area contributed by atoms with Crippen LogP contribution in [0.2, 0.25) is 0 Å². The molecular weight excluding hydrogens is 972 g/mol. The number of aliphatic hydroxyl groups excluding tert-OH is 14. The molecule has 27 nitrogen and oxygen atoms in total. The van der Waals surface area contributed by atoms with Gasteiger partial charge in [-0.25, -0.2) is 4.79 Å². The highest BCUT2D eigenvalue weighted by molar-refractivity contribution is 5.90. The second kappa shape index (κ2) is 25.0. The molecule has 25 atom stereocenters. The summed E-state index contributed by atoms with van der Waals surface area (Å²) in [7, 11) is 0. The van der Waals surface area contributed by atoms with Crippen LogP contribution in [-0.4, -0.2) is 266 Å². The number of rotatable bonds is 16. The monoisotopic (exact) mass is 1040 g/mol. The first-order valence-electron chi connectivity index (χ1n) is 24.4. The lowest BCUT2D eigenvalue weighted by Crippen LogP contribution is -2.65. The Hall–Kier alpha value is -2.69. The molecule has 0 aromatic rings. The average Bonchev–Trinajstić information content (AvgIpc) is 3.34. The number of fused-ring (bicyclic) bond motifs is 1. The topological polar surface area (TPSA) is 441 Å². The third-order valence-corrected chi connectivity index (χ3v) is 15.0. The molecule has 0 amide bonds. The Morgan fingerprint density at radius 3 is 1.57 bits per heavy atom. The number of carbonyl (C=O) groups excluding carboxylic acids is 2. The Kier molecular flexibility index (Phi) is 19.8. The van der Waals surface area contributed by atoms with Crippen molar-refractivity contribution in [2.24, 2.45) is 17.8 Å². The van der Waals surface area contributed by atoms with Crippen molar-refractivity contribution in [3.8, 4) is 0 Å². The Morgan fingerprint density at radius 1 is 0.542 bits per heavy atom. The standard InChI is InChI=1S/C45H70O27/c46-13-26-33(55)36(58)39(61)43(70-26)67-23-7-17(8-24(32(23)54)68-44-40(62)37(59)34(56)27(71-44)14-64-30(52)6-3-16-1-4-18(47)5-2-16)42-25(11-20-21(49)9-19(48)10-22(20)66-42)69-45-41(63)38(60)35(57)28(72-45)15-65-31(53)12-29(50)51/h3,6,16-28,32-49,54-63H,1-2,4-5,7-15H2,(H,50,51)/p+1/t16?,17?,18?,19?,20?,21?,22?,23?,24?,25?,26-,27-,28-,32?,33-,34-,35-,36+,37+,38+,39-,40-,41-,42?,43-,44-,45-/m1/s1. The van der Waals surface area contributed by atoms with E-state index >= 15 is 0 Å². The van der Waals surface area contributed by atoms with Crippen LogP contribution in [0.4, 0.5) is 0 Å². The molecule has 10 unspecified atom stereocenters. The molecule has 412 valence electrons. The molecule has 0 spiro atoms. The second-order valence-electron chi connectivity index (χ2n) is 20.1. The van der Waals surface area contributed by atoms with Gasteiger partial charge in [-0.1, -0.05) is 6.08 Å². The van der Waals surface area contributed by atoms with Crippen molar-refractivity contribution in [3.05, 3.63) is 12.2 Å². The third kappa shape index (κ3) is 13.5. The van der Waals surface area contributed by atoms with Crippen LogP contribution in [0.3, 0.4) is 0 Å². The van der Waals surface area contributed by atoms with Crippen LogP contribution in [0.25, 0.3) is 0 Å². The number of esters is 2. The largest absolute Gasteiger partial charge is 0.481 e. The van der Waals surface area contributed by atoms with Crippen LogP contribution >= 0.6 is 0 Å². The molecule has 0 bridgehead atoms. The summed E-state index contributed by atoms with van der Waals surface area (Å²) >= 11 is 0. The van der Waals surface area contributed by atoms with E-state index in [-0.39, 0.29) is 38.0 Å². The van der Waals surface area contributed by atoms with Crippen molar-refractivity contribution < 1.29 is 134 Å². The quantitative estimate of drug-likeness (QED) is 0.0296. The first-order valence-corrected chi connectivity index (χ1v) is 24.4. The predicted octanol–water partition coefficient (Wildman–Crippen LogP) is -7.20. The average molecular weight is 1040 g/mol. The van der Waals surface area contributed by atoms with Crippen LogP contribution in [0, 0.1) is 17.8 Å². The van der Waals surface area contributed by atoms with Gasteiger partial charge in [0.15, 0.2) is 31.1 Å². The number of carboxylic acids is 1. The summed E-state index contributed by atoms with van der Waals surface area (Å²) in [6, 6.07) is 0. The Morgan fingerprint density at radius 2 is 1.04 bits per heavy atom. The molecule has 4 aliphatic heterocycles. The van der Waals surface area contributed by atoms with Crippen LogP contribution in [0.15, 0.2) is 12.2 Å². The Bertz CT molecular complexity index is 1800. The minimum atomic E-state index is -1.99. The minimum absolute atomic E-state index is 0.0229. The normalized spacial score (nSPS) is 48.1. The van der Waals surface area contributed by atoms with E-state index < -0.39 is 203 Å². The number of carbonyl (C=O) groups is 3. The molecule has 4 heterocycles. The molecule has 3 aliphatic carbocycles. The first kappa shape index (κ1) is 57.0. The van der Waals surface area contributed by atoms with Crippen molar-refractivity contribution >= 4 is 17.9 Å². The van der Waals surface area contributed by atoms with E-state index in [1.807, 2.05) is 0 Å². The van der Waals surface area contributed by atoms with Gasteiger partial charge in [0.25, 0.3) is 0 Å². The zero-order valence-electron chi connectivity index (χ0n) is 39.1. The molecule has 4 saturated heterocycles. The maximum atomic E-state index is 12.7. The van der Waals surface area contributed by atoms with Crippen LogP contribution in [0.1, 0.15) is 64.2 Å². The van der Waals surface area contributed by atoms with Gasteiger partial charge in [-0.15, -0.1) is 0 Å². The van der Waals surface area contributed by atoms with Gasteiger partial charge in [0.2, 0.25) is 0 Å². The molecule has 3 saturated carbocycles. The SMILES string of the molecule is O=C(O)CC(=O)OC[C@H]1O[C@@H](OC2CC3C(O)CC(O)CC3[OH+]C2C2CC(O[C@@H]3O[C@H](CO)[C@@H](O)[C@H](O)[C@H]3O)C(O)C(O[C@@H]3O[C@H](COC(=O)C=CC4CCC(O)CC4)[C@@H](O)[C@H](O)[C@H]3O)C2)[C@H](O)[C@@H](O)[C@@H]1O. The highest BCUT2D eigenvalue weighted by atomic mass is 16.7. The first-order chi connectivity index (χ1) is 34.1. The number of hydrogen-bond acceptors (Lipinski definition) is 25. The molecule has 0 aromatic heterocycles. The highest BCUT2D eigenvalue weighted by Crippen LogP contribution is 2.44. The zero-order valence-corrected chi connectivity index (χ0v) is 39.1. The van der Waals surface area contributed by atoms with E-state index in [1.54, 1.807) is 6.08 Å². The minimum Gasteiger partial charge on any atom is -0.481 e. The zero-order chi connectivity index (χ0) is 52.3. The fraction of sp³-hybridized carbons (Fsp3) is 0.889. The number of aliphatic hydroxyl groups is 16. The molecule has 7 rings (SSSR count). The van der Waals surface area contributed by atoms with Gasteiger partial charge in [-0.05, 0) is 50.9 Å². The Balaban J connectivity index is 1.14. The molecule has 16 N–H and O–H groups in total. The van der Waals surface area contributed by atoms with E-state index in [0.29, 0.717) is 25.7 Å². The summed E-state index contributed by atoms with van der Waals surface area (Å²) in [5.41, 5.74) is 0. The molecule has 0 radical (unpaired) electrons. The third-order valence-electron chi connectivity index (χ3n) is 15.0. The Labute approximate surface area is 411 Å². The lowest BCUT2D eigenvalue weighted by atomic mass is 9.72.